The van der Waals surface area contributed by atoms with Gasteiger partial charge >= 0.3 is 5.97 Å². The Morgan fingerprint density at radius 2 is 2.31 bits per heavy atom. The zero-order valence-electron chi connectivity index (χ0n) is 8.47. The highest BCUT2D eigenvalue weighted by Gasteiger charge is 2.08. The van der Waals surface area contributed by atoms with Gasteiger partial charge in [-0.3, -0.25) is 0 Å². The average Bonchev–Trinajstić information content (AvgIpc) is 2.67. The molecule has 0 unspecified atom stereocenters. The van der Waals surface area contributed by atoms with E-state index in [1.165, 1.54) is 12.3 Å². The second-order valence-corrected chi connectivity index (χ2v) is 3.41. The number of aromatic amines is 1. The fourth-order valence-electron chi connectivity index (χ4n) is 1.43. The molecule has 0 atom stereocenters. The smallest absolute Gasteiger partial charge is 0.337 e. The summed E-state index contributed by atoms with van der Waals surface area (Å²) in [6, 6.07) is 1.50. The molecule has 0 radical (unpaired) electrons. The molecule has 0 bridgehead atoms. The van der Waals surface area contributed by atoms with Gasteiger partial charge in [-0.25, -0.2) is 14.8 Å². The summed E-state index contributed by atoms with van der Waals surface area (Å²) in [7, 11) is 0. The van der Waals surface area contributed by atoms with E-state index in [-0.39, 0.29) is 12.2 Å². The summed E-state index contributed by atoms with van der Waals surface area (Å²) in [6.45, 7) is 0.102. The van der Waals surface area contributed by atoms with E-state index in [4.69, 9.17) is 10.2 Å². The lowest BCUT2D eigenvalue weighted by Gasteiger charge is -1.91. The highest BCUT2D eigenvalue weighted by molar-refractivity contribution is 5.90. The number of aliphatic hydroxyl groups excluding tert-OH is 1. The number of pyridine rings is 1. The van der Waals surface area contributed by atoms with E-state index in [0.29, 0.717) is 29.8 Å². The molecule has 2 aromatic heterocycles. The third kappa shape index (κ3) is 2.01. The summed E-state index contributed by atoms with van der Waals surface area (Å²) in [4.78, 5) is 21.8. The number of fused-ring (bicyclic) bond motifs is 1. The highest BCUT2D eigenvalue weighted by Crippen LogP contribution is 2.11. The van der Waals surface area contributed by atoms with Crippen LogP contribution >= 0.6 is 0 Å². The number of aromatic nitrogens is 3. The van der Waals surface area contributed by atoms with Gasteiger partial charge in [-0.05, 0) is 12.5 Å². The first-order valence-electron chi connectivity index (χ1n) is 4.89. The number of nitrogens with one attached hydrogen (secondary N) is 1. The number of hydrogen-bond donors (Lipinski definition) is 3. The Kier molecular flexibility index (Phi) is 2.82. The van der Waals surface area contributed by atoms with Gasteiger partial charge in [0.2, 0.25) is 0 Å². The van der Waals surface area contributed by atoms with Crippen LogP contribution in [-0.2, 0) is 6.42 Å². The van der Waals surface area contributed by atoms with Crippen LogP contribution in [0, 0.1) is 0 Å². The zero-order valence-corrected chi connectivity index (χ0v) is 8.47. The highest BCUT2D eigenvalue weighted by atomic mass is 16.4. The molecule has 0 saturated heterocycles. The molecule has 2 heterocycles. The minimum Gasteiger partial charge on any atom is -0.478 e. The van der Waals surface area contributed by atoms with Gasteiger partial charge in [0.05, 0.1) is 11.1 Å². The summed E-state index contributed by atoms with van der Waals surface area (Å²) >= 11 is 0. The van der Waals surface area contributed by atoms with Crippen LogP contribution in [0.25, 0.3) is 11.2 Å². The van der Waals surface area contributed by atoms with E-state index in [0.717, 1.165) is 0 Å². The first kappa shape index (κ1) is 10.6. The molecule has 0 amide bonds. The van der Waals surface area contributed by atoms with E-state index in [2.05, 4.69) is 15.0 Å². The van der Waals surface area contributed by atoms with Gasteiger partial charge in [0, 0.05) is 19.2 Å². The number of aryl methyl sites for hydroxylation is 1. The second-order valence-electron chi connectivity index (χ2n) is 3.41. The van der Waals surface area contributed by atoms with Crippen molar-refractivity contribution in [2.24, 2.45) is 0 Å². The minimum atomic E-state index is -1.01. The second kappa shape index (κ2) is 4.28. The number of carboxylic acid groups (broad SMARTS) is 1. The number of nitrogens with zero attached hydrogens (tertiary/aromatic N) is 2. The number of carboxylic acids is 1. The number of aliphatic hydroxyl groups is 1. The van der Waals surface area contributed by atoms with Crippen molar-refractivity contribution >= 4 is 17.1 Å². The number of H-pyrrole nitrogens is 1. The lowest BCUT2D eigenvalue weighted by atomic mass is 10.3. The molecule has 0 spiro atoms. The Labute approximate surface area is 91.0 Å². The molecule has 0 aliphatic carbocycles. The van der Waals surface area contributed by atoms with Crippen molar-refractivity contribution in [1.82, 2.24) is 15.0 Å². The minimum absolute atomic E-state index is 0.102. The zero-order chi connectivity index (χ0) is 11.5. The third-order valence-corrected chi connectivity index (χ3v) is 2.21. The normalized spacial score (nSPS) is 10.8. The van der Waals surface area contributed by atoms with Crippen LogP contribution in [0.5, 0.6) is 0 Å². The van der Waals surface area contributed by atoms with Gasteiger partial charge in [-0.1, -0.05) is 0 Å². The van der Waals surface area contributed by atoms with Crippen molar-refractivity contribution in [3.63, 3.8) is 0 Å². The molecule has 0 saturated carbocycles. The van der Waals surface area contributed by atoms with Crippen molar-refractivity contribution in [3.05, 3.63) is 23.7 Å². The molecule has 3 N–H and O–H groups in total. The molecule has 0 aliphatic rings. The Hall–Kier alpha value is -1.95. The summed E-state index contributed by atoms with van der Waals surface area (Å²) < 4.78 is 0. The molecule has 16 heavy (non-hydrogen) atoms. The number of carbonyl (C=O) groups is 1. The lowest BCUT2D eigenvalue weighted by Crippen LogP contribution is -1.96. The number of rotatable bonds is 4. The molecule has 0 aliphatic heterocycles. The standard InChI is InChI=1S/C10H11N3O3/c14-3-1-2-8-12-7-4-6(10(15)16)5-11-9(7)13-8/h4-5,14H,1-3H2,(H,15,16)(H,11,12,13). The SMILES string of the molecule is O=C(O)c1cnc2nc(CCCO)[nH]c2c1. The predicted octanol–water partition coefficient (Wildman–Crippen LogP) is 0.581. The largest absolute Gasteiger partial charge is 0.478 e. The summed E-state index contributed by atoms with van der Waals surface area (Å²) in [6.07, 6.45) is 2.52. The van der Waals surface area contributed by atoms with Gasteiger partial charge in [0.1, 0.15) is 5.82 Å². The maximum absolute atomic E-state index is 10.7. The van der Waals surface area contributed by atoms with Crippen molar-refractivity contribution in [2.45, 2.75) is 12.8 Å². The van der Waals surface area contributed by atoms with Crippen molar-refractivity contribution in [2.75, 3.05) is 6.61 Å². The monoisotopic (exact) mass is 221 g/mol. The predicted molar refractivity (Wildman–Crippen MR) is 56.3 cm³/mol. The lowest BCUT2D eigenvalue weighted by molar-refractivity contribution is 0.0696. The third-order valence-electron chi connectivity index (χ3n) is 2.21. The van der Waals surface area contributed by atoms with Gasteiger partial charge in [-0.2, -0.15) is 0 Å². The van der Waals surface area contributed by atoms with Crippen LogP contribution in [0.4, 0.5) is 0 Å². The quantitative estimate of drug-likeness (QED) is 0.701. The van der Waals surface area contributed by atoms with Crippen LogP contribution in [0.3, 0.4) is 0 Å². The van der Waals surface area contributed by atoms with Crippen LogP contribution in [0.1, 0.15) is 22.6 Å². The number of aromatic carboxylic acids is 1. The van der Waals surface area contributed by atoms with E-state index >= 15 is 0 Å². The van der Waals surface area contributed by atoms with Gasteiger partial charge < -0.3 is 15.2 Å². The Morgan fingerprint density at radius 3 is 3.00 bits per heavy atom. The molecule has 0 fully saturated rings. The molecule has 84 valence electrons. The van der Waals surface area contributed by atoms with Crippen LogP contribution in [0.2, 0.25) is 0 Å². The molecule has 6 nitrogen and oxygen atoms in total. The topological polar surface area (TPSA) is 99.1 Å². The van der Waals surface area contributed by atoms with E-state index in [1.807, 2.05) is 0 Å². The Balaban J connectivity index is 2.34. The van der Waals surface area contributed by atoms with Crippen molar-refractivity contribution < 1.29 is 15.0 Å². The van der Waals surface area contributed by atoms with Gasteiger partial charge in [0.15, 0.2) is 5.65 Å². The fourth-order valence-corrected chi connectivity index (χ4v) is 1.43. The summed E-state index contributed by atoms with van der Waals surface area (Å²) in [5, 5.41) is 17.5. The van der Waals surface area contributed by atoms with E-state index in [9.17, 15) is 4.79 Å². The molecule has 0 aromatic carbocycles. The van der Waals surface area contributed by atoms with Crippen LogP contribution < -0.4 is 0 Å². The first-order chi connectivity index (χ1) is 7.70. The van der Waals surface area contributed by atoms with E-state index < -0.39 is 5.97 Å². The molecular formula is C10H11N3O3. The maximum Gasteiger partial charge on any atom is 0.337 e. The molecule has 2 aromatic rings. The summed E-state index contributed by atoms with van der Waals surface area (Å²) in [5.41, 5.74) is 1.23. The van der Waals surface area contributed by atoms with Gasteiger partial charge in [-0.15, -0.1) is 0 Å². The molecule has 6 heteroatoms. The summed E-state index contributed by atoms with van der Waals surface area (Å²) in [5.74, 6) is -0.306. The average molecular weight is 221 g/mol. The first-order valence-corrected chi connectivity index (χ1v) is 4.89. The van der Waals surface area contributed by atoms with Crippen molar-refractivity contribution in [1.29, 1.82) is 0 Å². The van der Waals surface area contributed by atoms with Gasteiger partial charge in [0.25, 0.3) is 0 Å². The van der Waals surface area contributed by atoms with Crippen LogP contribution in [-0.4, -0.2) is 37.7 Å². The molecule has 2 rings (SSSR count). The number of imidazole rings is 1. The molecular weight excluding hydrogens is 210 g/mol. The Morgan fingerprint density at radius 1 is 1.50 bits per heavy atom. The number of hydrogen-bond acceptors (Lipinski definition) is 4. The Bertz CT molecular complexity index is 521. The fraction of sp³-hybridized carbons (Fsp3) is 0.300. The maximum atomic E-state index is 10.7. The van der Waals surface area contributed by atoms with Crippen molar-refractivity contribution in [3.8, 4) is 0 Å². The van der Waals surface area contributed by atoms with E-state index in [1.54, 1.807) is 0 Å². The van der Waals surface area contributed by atoms with Crippen LogP contribution in [0.15, 0.2) is 12.3 Å².